The third-order valence-corrected chi connectivity index (χ3v) is 6.25. The molecule has 0 aromatic heterocycles. The molecule has 0 aromatic carbocycles. The topological polar surface area (TPSA) is 103 Å². The molecular formula is C28H52N2O7. The molecular weight excluding hydrogens is 476 g/mol. The van der Waals surface area contributed by atoms with Crippen molar-refractivity contribution in [2.24, 2.45) is 11.8 Å². The summed E-state index contributed by atoms with van der Waals surface area (Å²) in [5.74, 6) is -0.161. The average Bonchev–Trinajstić information content (AvgIpc) is 3.10. The Morgan fingerprint density at radius 1 is 0.946 bits per heavy atom. The van der Waals surface area contributed by atoms with Crippen molar-refractivity contribution < 1.29 is 33.3 Å². The van der Waals surface area contributed by atoms with Crippen LogP contribution >= 0.6 is 0 Å². The van der Waals surface area contributed by atoms with Gasteiger partial charge in [-0.05, 0) is 44.4 Å². The molecule has 1 aliphatic rings. The van der Waals surface area contributed by atoms with Gasteiger partial charge in [0.1, 0.15) is 0 Å². The first-order valence-electron chi connectivity index (χ1n) is 14.3. The zero-order valence-electron chi connectivity index (χ0n) is 23.8. The molecule has 9 heteroatoms. The summed E-state index contributed by atoms with van der Waals surface area (Å²) >= 11 is 0. The van der Waals surface area contributed by atoms with Gasteiger partial charge >= 0.3 is 0 Å². The van der Waals surface area contributed by atoms with Gasteiger partial charge in [0.2, 0.25) is 17.7 Å². The van der Waals surface area contributed by atoms with Crippen molar-refractivity contribution in [3.63, 3.8) is 0 Å². The molecule has 2 unspecified atom stereocenters. The second-order valence-electron chi connectivity index (χ2n) is 10.3. The first kappa shape index (κ1) is 33.5. The maximum atomic E-state index is 12.1. The number of imide groups is 1. The summed E-state index contributed by atoms with van der Waals surface area (Å²) < 4.78 is 23.1. The van der Waals surface area contributed by atoms with Gasteiger partial charge in [-0.2, -0.15) is 0 Å². The SMILES string of the molecule is CCCCOCCOC(CCCCOCCC(C)C)COCCCNC(=O)CCN1C(=O)CC(C)C1=O. The number of rotatable bonds is 24. The van der Waals surface area contributed by atoms with Crippen molar-refractivity contribution in [1.82, 2.24) is 10.2 Å². The molecule has 0 radical (unpaired) electrons. The van der Waals surface area contributed by atoms with Crippen LogP contribution in [0.1, 0.15) is 85.5 Å². The van der Waals surface area contributed by atoms with Gasteiger partial charge in [0.15, 0.2) is 0 Å². The number of amides is 3. The maximum Gasteiger partial charge on any atom is 0.232 e. The lowest BCUT2D eigenvalue weighted by molar-refractivity contribution is -0.139. The van der Waals surface area contributed by atoms with Crippen molar-refractivity contribution in [2.75, 3.05) is 59.3 Å². The van der Waals surface area contributed by atoms with Crippen LogP contribution in [-0.4, -0.2) is 88.1 Å². The summed E-state index contributed by atoms with van der Waals surface area (Å²) in [6, 6.07) is 0. The minimum Gasteiger partial charge on any atom is -0.381 e. The second-order valence-corrected chi connectivity index (χ2v) is 10.3. The molecule has 1 fully saturated rings. The van der Waals surface area contributed by atoms with Crippen LogP contribution in [0.3, 0.4) is 0 Å². The number of nitrogens with one attached hydrogen (secondary N) is 1. The van der Waals surface area contributed by atoms with Gasteiger partial charge in [-0.25, -0.2) is 0 Å². The molecule has 2 atom stereocenters. The van der Waals surface area contributed by atoms with Gasteiger partial charge in [-0.15, -0.1) is 0 Å². The van der Waals surface area contributed by atoms with E-state index in [1.807, 2.05) is 0 Å². The van der Waals surface area contributed by atoms with E-state index >= 15 is 0 Å². The quantitative estimate of drug-likeness (QED) is 0.150. The zero-order valence-corrected chi connectivity index (χ0v) is 23.8. The largest absolute Gasteiger partial charge is 0.381 e. The fourth-order valence-electron chi connectivity index (χ4n) is 3.84. The highest BCUT2D eigenvalue weighted by molar-refractivity contribution is 6.03. The molecule has 3 amide bonds. The number of ether oxygens (including phenoxy) is 4. The van der Waals surface area contributed by atoms with Gasteiger partial charge in [-0.3, -0.25) is 19.3 Å². The Kier molecular flexibility index (Phi) is 19.4. The number of carbonyl (C=O) groups excluding carboxylic acids is 3. The van der Waals surface area contributed by atoms with Gasteiger partial charge in [0, 0.05) is 58.3 Å². The minimum atomic E-state index is -0.280. The standard InChI is InChI=1S/C28H52N2O7/c1-5-6-15-35-19-20-37-25(10-7-8-16-34-18-12-23(2)3)22-36-17-9-13-29-26(31)11-14-30-27(32)21-24(4)28(30)33/h23-25H,5-22H2,1-4H3,(H,29,31). The summed E-state index contributed by atoms with van der Waals surface area (Å²) in [6.45, 7) is 13.5. The summed E-state index contributed by atoms with van der Waals surface area (Å²) in [4.78, 5) is 37.0. The lowest BCUT2D eigenvalue weighted by Crippen LogP contribution is -2.35. The predicted molar refractivity (Wildman–Crippen MR) is 143 cm³/mol. The van der Waals surface area contributed by atoms with Gasteiger partial charge in [0.25, 0.3) is 0 Å². The number of carbonyl (C=O) groups is 3. The van der Waals surface area contributed by atoms with Gasteiger partial charge in [0.05, 0.1) is 25.9 Å². The molecule has 1 saturated heterocycles. The van der Waals surface area contributed by atoms with Crippen LogP contribution in [0.4, 0.5) is 0 Å². The van der Waals surface area contributed by atoms with Crippen LogP contribution in [0.25, 0.3) is 0 Å². The van der Waals surface area contributed by atoms with Crippen LogP contribution in [-0.2, 0) is 33.3 Å². The molecule has 216 valence electrons. The average molecular weight is 529 g/mol. The van der Waals surface area contributed by atoms with E-state index in [-0.39, 0.29) is 49.1 Å². The second kappa shape index (κ2) is 21.4. The number of likely N-dealkylation sites (tertiary alicyclic amines) is 1. The number of unbranched alkanes of at least 4 members (excludes halogenated alkanes) is 2. The molecule has 0 aliphatic carbocycles. The minimum absolute atomic E-state index is 0.0120. The Hall–Kier alpha value is -1.55. The number of hydrogen-bond acceptors (Lipinski definition) is 7. The first-order chi connectivity index (χ1) is 17.8. The monoisotopic (exact) mass is 528 g/mol. The highest BCUT2D eigenvalue weighted by atomic mass is 16.5. The molecule has 1 N–H and O–H groups in total. The molecule has 1 aliphatic heterocycles. The normalized spacial score (nSPS) is 16.7. The molecule has 1 rings (SSSR count). The van der Waals surface area contributed by atoms with Crippen molar-refractivity contribution >= 4 is 17.7 Å². The van der Waals surface area contributed by atoms with Gasteiger partial charge in [-0.1, -0.05) is 34.1 Å². The molecule has 0 saturated carbocycles. The van der Waals surface area contributed by atoms with E-state index in [4.69, 9.17) is 18.9 Å². The highest BCUT2D eigenvalue weighted by Crippen LogP contribution is 2.18. The Labute approximate surface area is 224 Å². The molecule has 9 nitrogen and oxygen atoms in total. The van der Waals surface area contributed by atoms with Gasteiger partial charge < -0.3 is 24.3 Å². The fourth-order valence-corrected chi connectivity index (χ4v) is 3.84. The van der Waals surface area contributed by atoms with Crippen molar-refractivity contribution in [2.45, 2.75) is 91.6 Å². The third kappa shape index (κ3) is 16.8. The fraction of sp³-hybridized carbons (Fsp3) is 0.893. The summed E-state index contributed by atoms with van der Waals surface area (Å²) in [7, 11) is 0. The van der Waals surface area contributed by atoms with E-state index in [9.17, 15) is 14.4 Å². The Morgan fingerprint density at radius 3 is 2.38 bits per heavy atom. The number of hydrogen-bond donors (Lipinski definition) is 1. The van der Waals surface area contributed by atoms with Crippen LogP contribution in [0.2, 0.25) is 0 Å². The molecule has 0 aromatic rings. The van der Waals surface area contributed by atoms with Crippen LogP contribution in [0, 0.1) is 11.8 Å². The van der Waals surface area contributed by atoms with Crippen molar-refractivity contribution in [1.29, 1.82) is 0 Å². The van der Waals surface area contributed by atoms with Crippen LogP contribution in [0.5, 0.6) is 0 Å². The van der Waals surface area contributed by atoms with Crippen LogP contribution < -0.4 is 5.32 Å². The molecule has 37 heavy (non-hydrogen) atoms. The Bertz CT molecular complexity index is 630. The van der Waals surface area contributed by atoms with E-state index in [0.717, 1.165) is 58.3 Å². The smallest absolute Gasteiger partial charge is 0.232 e. The maximum absolute atomic E-state index is 12.1. The summed E-state index contributed by atoms with van der Waals surface area (Å²) in [6.07, 6.45) is 7.26. The molecule has 0 spiro atoms. The third-order valence-electron chi connectivity index (χ3n) is 6.25. The first-order valence-corrected chi connectivity index (χ1v) is 14.3. The van der Waals surface area contributed by atoms with E-state index < -0.39 is 0 Å². The zero-order chi connectivity index (χ0) is 27.3. The van der Waals surface area contributed by atoms with E-state index in [2.05, 4.69) is 26.1 Å². The van der Waals surface area contributed by atoms with E-state index in [1.54, 1.807) is 6.92 Å². The molecule has 0 bridgehead atoms. The van der Waals surface area contributed by atoms with Crippen molar-refractivity contribution in [3.8, 4) is 0 Å². The van der Waals surface area contributed by atoms with E-state index in [0.29, 0.717) is 45.3 Å². The number of nitrogens with zero attached hydrogens (tertiary/aromatic N) is 1. The predicted octanol–water partition coefficient (Wildman–Crippen LogP) is 3.73. The lowest BCUT2D eigenvalue weighted by atomic mass is 10.1. The molecule has 1 heterocycles. The van der Waals surface area contributed by atoms with E-state index in [1.165, 1.54) is 4.90 Å². The Balaban J connectivity index is 2.17. The lowest BCUT2D eigenvalue weighted by Gasteiger charge is -2.18. The van der Waals surface area contributed by atoms with Crippen LogP contribution in [0.15, 0.2) is 0 Å². The highest BCUT2D eigenvalue weighted by Gasteiger charge is 2.35. The van der Waals surface area contributed by atoms with Crippen molar-refractivity contribution in [3.05, 3.63) is 0 Å². The summed E-state index contributed by atoms with van der Waals surface area (Å²) in [5.41, 5.74) is 0. The summed E-state index contributed by atoms with van der Waals surface area (Å²) in [5, 5.41) is 2.83. The Morgan fingerprint density at radius 2 is 1.68 bits per heavy atom.